The number of nitrogens with zero attached hydrogens (tertiary/aromatic N) is 6. The second-order valence-electron chi connectivity index (χ2n) is 12.8. The van der Waals surface area contributed by atoms with E-state index in [1.165, 1.54) is 5.39 Å². The fourth-order valence-electron chi connectivity index (χ4n) is 7.46. The minimum Gasteiger partial charge on any atom is -0.456 e. The van der Waals surface area contributed by atoms with Crippen LogP contribution in [-0.4, -0.2) is 28.9 Å². The lowest BCUT2D eigenvalue weighted by molar-refractivity contribution is 0.669. The van der Waals surface area contributed by atoms with Crippen LogP contribution in [0.3, 0.4) is 0 Å². The van der Waals surface area contributed by atoms with Gasteiger partial charge in [-0.3, -0.25) is 4.40 Å². The van der Waals surface area contributed by atoms with E-state index in [2.05, 4.69) is 88.0 Å². The largest absolute Gasteiger partial charge is 0.456 e. The van der Waals surface area contributed by atoms with E-state index in [-0.39, 0.29) is 0 Å². The van der Waals surface area contributed by atoms with Crippen molar-refractivity contribution in [2.75, 3.05) is 0 Å². The van der Waals surface area contributed by atoms with Gasteiger partial charge in [-0.05, 0) is 48.5 Å². The second-order valence-corrected chi connectivity index (χ2v) is 12.8. The summed E-state index contributed by atoms with van der Waals surface area (Å²) in [5.41, 5.74) is 10.5. The lowest BCUT2D eigenvalue weighted by atomic mass is 10.0. The van der Waals surface area contributed by atoms with Gasteiger partial charge in [-0.25, -0.2) is 19.9 Å². The van der Waals surface area contributed by atoms with Gasteiger partial charge in [0, 0.05) is 50.1 Å². The van der Waals surface area contributed by atoms with Crippen LogP contribution < -0.4 is 0 Å². The van der Waals surface area contributed by atoms with Crippen LogP contribution in [0.2, 0.25) is 0 Å². The predicted molar refractivity (Wildman–Crippen MR) is 204 cm³/mol. The molecule has 0 fully saturated rings. The van der Waals surface area contributed by atoms with Gasteiger partial charge in [0.25, 0.3) is 0 Å². The zero-order valence-corrected chi connectivity index (χ0v) is 27.1. The normalized spacial score (nSPS) is 11.9. The van der Waals surface area contributed by atoms with E-state index in [4.69, 9.17) is 24.4 Å². The first-order valence-corrected chi connectivity index (χ1v) is 16.9. The molecule has 6 aromatic carbocycles. The molecule has 0 aliphatic carbocycles. The van der Waals surface area contributed by atoms with Crippen LogP contribution in [0.25, 0.3) is 100 Å². The molecule has 51 heavy (non-hydrogen) atoms. The monoisotopic (exact) mass is 654 g/mol. The molecule has 5 heterocycles. The van der Waals surface area contributed by atoms with Crippen molar-refractivity contribution in [3.05, 3.63) is 158 Å². The number of benzene rings is 6. The zero-order valence-electron chi connectivity index (χ0n) is 27.1. The van der Waals surface area contributed by atoms with E-state index < -0.39 is 0 Å². The number of rotatable bonds is 4. The van der Waals surface area contributed by atoms with Crippen LogP contribution in [-0.2, 0) is 0 Å². The summed E-state index contributed by atoms with van der Waals surface area (Å²) in [4.78, 5) is 20.0. The number of furan rings is 1. The molecule has 0 unspecified atom stereocenters. The molecule has 0 spiro atoms. The molecular formula is C44H26N6O. The predicted octanol–water partition coefficient (Wildman–Crippen LogP) is 10.7. The maximum atomic E-state index is 6.49. The van der Waals surface area contributed by atoms with Gasteiger partial charge >= 0.3 is 0 Å². The van der Waals surface area contributed by atoms with Crippen LogP contribution in [0, 0.1) is 0 Å². The highest BCUT2D eigenvalue weighted by atomic mass is 16.3. The Morgan fingerprint density at radius 3 is 1.92 bits per heavy atom. The van der Waals surface area contributed by atoms with E-state index >= 15 is 0 Å². The zero-order chi connectivity index (χ0) is 33.5. The quantitative estimate of drug-likeness (QED) is 0.189. The van der Waals surface area contributed by atoms with Gasteiger partial charge in [0.1, 0.15) is 16.8 Å². The third-order valence-corrected chi connectivity index (χ3v) is 9.78. The summed E-state index contributed by atoms with van der Waals surface area (Å²) in [5.74, 6) is 1.83. The molecule has 7 heteroatoms. The Hall–Kier alpha value is -7.12. The molecular weight excluding hydrogens is 629 g/mol. The first kappa shape index (κ1) is 27.8. The van der Waals surface area contributed by atoms with Crippen LogP contribution in [0.1, 0.15) is 0 Å². The Kier molecular flexibility index (Phi) is 5.83. The van der Waals surface area contributed by atoms with Crippen molar-refractivity contribution >= 4 is 60.4 Å². The molecule has 0 atom stereocenters. The lowest BCUT2D eigenvalue weighted by Crippen LogP contribution is -2.00. The molecule has 0 aliphatic rings. The average molecular weight is 655 g/mol. The Labute approximate surface area is 290 Å². The van der Waals surface area contributed by atoms with Gasteiger partial charge in [0.15, 0.2) is 17.5 Å². The summed E-state index contributed by atoms with van der Waals surface area (Å²) in [6, 6.07) is 51.7. The molecule has 0 aliphatic heterocycles. The Balaban J connectivity index is 1.17. The molecule has 0 N–H and O–H groups in total. The summed E-state index contributed by atoms with van der Waals surface area (Å²) in [7, 11) is 0. The number of pyridine rings is 1. The number of imidazole rings is 1. The van der Waals surface area contributed by atoms with E-state index in [0.717, 1.165) is 77.4 Å². The summed E-state index contributed by atoms with van der Waals surface area (Å²) < 4.78 is 11.0. The first-order chi connectivity index (χ1) is 25.3. The Morgan fingerprint density at radius 1 is 0.451 bits per heavy atom. The van der Waals surface area contributed by atoms with Crippen molar-refractivity contribution in [2.24, 2.45) is 0 Å². The fraction of sp³-hybridized carbons (Fsp3) is 0. The minimum atomic E-state index is 0.590. The highest BCUT2D eigenvalue weighted by molar-refractivity contribution is 6.14. The number of para-hydroxylation sites is 3. The molecule has 0 radical (unpaired) electrons. The number of hydrogen-bond donors (Lipinski definition) is 0. The van der Waals surface area contributed by atoms with Crippen molar-refractivity contribution < 1.29 is 4.42 Å². The van der Waals surface area contributed by atoms with Gasteiger partial charge in [-0.15, -0.1) is 0 Å². The molecule has 0 saturated carbocycles. The van der Waals surface area contributed by atoms with Gasteiger partial charge < -0.3 is 8.98 Å². The van der Waals surface area contributed by atoms with Crippen molar-refractivity contribution in [3.8, 4) is 39.9 Å². The summed E-state index contributed by atoms with van der Waals surface area (Å²) >= 11 is 0. The molecule has 0 amide bonds. The highest BCUT2D eigenvalue weighted by Crippen LogP contribution is 2.39. The van der Waals surface area contributed by atoms with E-state index in [1.807, 2.05) is 78.9 Å². The van der Waals surface area contributed by atoms with E-state index in [0.29, 0.717) is 17.5 Å². The maximum Gasteiger partial charge on any atom is 0.164 e. The Morgan fingerprint density at radius 2 is 1.14 bits per heavy atom. The fourth-order valence-corrected chi connectivity index (χ4v) is 7.46. The standard InChI is InChI=1S/C44H26N6O/c1-3-12-27(13-4-1)42-46-43(28-14-5-2-6-15-28)48-44(47-42)31-17-11-21-39-41(31)33-24-29(22-23-38(33)51-39)50-35-19-9-7-16-30(35)32-25-40-45-34-18-8-10-20-36(34)49(40)26-37(32)50/h1-26H. The van der Waals surface area contributed by atoms with Crippen molar-refractivity contribution in [1.29, 1.82) is 0 Å². The molecule has 0 saturated heterocycles. The summed E-state index contributed by atoms with van der Waals surface area (Å²) in [5, 5.41) is 4.27. The smallest absolute Gasteiger partial charge is 0.164 e. The number of fused-ring (bicyclic) bond motifs is 9. The Bertz CT molecular complexity index is 3080. The van der Waals surface area contributed by atoms with Crippen molar-refractivity contribution in [3.63, 3.8) is 0 Å². The third-order valence-electron chi connectivity index (χ3n) is 9.78. The van der Waals surface area contributed by atoms with Crippen molar-refractivity contribution in [1.82, 2.24) is 28.9 Å². The van der Waals surface area contributed by atoms with Gasteiger partial charge in [0.2, 0.25) is 0 Å². The van der Waals surface area contributed by atoms with Crippen LogP contribution >= 0.6 is 0 Å². The van der Waals surface area contributed by atoms with Crippen LogP contribution in [0.4, 0.5) is 0 Å². The molecule has 11 rings (SSSR count). The summed E-state index contributed by atoms with van der Waals surface area (Å²) in [6.07, 6.45) is 2.21. The van der Waals surface area contributed by atoms with Gasteiger partial charge in [-0.2, -0.15) is 0 Å². The first-order valence-electron chi connectivity index (χ1n) is 16.9. The second kappa shape index (κ2) is 10.7. The minimum absolute atomic E-state index is 0.590. The summed E-state index contributed by atoms with van der Waals surface area (Å²) in [6.45, 7) is 0. The number of hydrogen-bond acceptors (Lipinski definition) is 5. The van der Waals surface area contributed by atoms with Crippen molar-refractivity contribution in [2.45, 2.75) is 0 Å². The third kappa shape index (κ3) is 4.25. The molecule has 11 aromatic rings. The molecule has 238 valence electrons. The van der Waals surface area contributed by atoms with E-state index in [1.54, 1.807) is 0 Å². The topological polar surface area (TPSA) is 74.0 Å². The molecule has 0 bridgehead atoms. The van der Waals surface area contributed by atoms with Crippen LogP contribution in [0.5, 0.6) is 0 Å². The molecule has 7 nitrogen and oxygen atoms in total. The van der Waals surface area contributed by atoms with Crippen LogP contribution in [0.15, 0.2) is 162 Å². The lowest BCUT2D eigenvalue weighted by Gasteiger charge is -2.10. The number of aromatic nitrogens is 6. The van der Waals surface area contributed by atoms with E-state index in [9.17, 15) is 0 Å². The average Bonchev–Trinajstić information content (AvgIpc) is 3.86. The SMILES string of the molecule is c1ccc(-c2nc(-c3ccccc3)nc(-c3cccc4oc5ccc(-n6c7ccccc7c7cc8nc9ccccc9n8cc76)cc5c34)n2)cc1. The highest BCUT2D eigenvalue weighted by Gasteiger charge is 2.20. The molecule has 5 aromatic heterocycles. The van der Waals surface area contributed by atoms with Gasteiger partial charge in [0.05, 0.1) is 22.1 Å². The van der Waals surface area contributed by atoms with Gasteiger partial charge in [-0.1, -0.05) is 103 Å². The maximum absolute atomic E-state index is 6.49.